The minimum absolute atomic E-state index is 0.0636. The van der Waals surface area contributed by atoms with Crippen molar-refractivity contribution in [3.05, 3.63) is 10.6 Å². The number of ether oxygens (including phenoxy) is 1. The number of halogens is 2. The van der Waals surface area contributed by atoms with E-state index in [0.29, 0.717) is 4.48 Å². The van der Waals surface area contributed by atoms with Gasteiger partial charge in [0.05, 0.1) is 4.48 Å². The minimum Gasteiger partial charge on any atom is -0.427 e. The van der Waals surface area contributed by atoms with Gasteiger partial charge in [-0.25, -0.2) is 4.79 Å². The summed E-state index contributed by atoms with van der Waals surface area (Å²) in [4.78, 5) is 22.4. The molecule has 0 amide bonds. The van der Waals surface area contributed by atoms with Gasteiger partial charge in [0.15, 0.2) is 5.12 Å². The first-order valence-corrected chi connectivity index (χ1v) is 7.06. The molecule has 0 radical (unpaired) electrons. The van der Waals surface area contributed by atoms with E-state index in [1.165, 1.54) is 11.8 Å². The fourth-order valence-electron chi connectivity index (χ4n) is 0.936. The Morgan fingerprint density at radius 2 is 2.06 bits per heavy atom. The first-order valence-electron chi connectivity index (χ1n) is 4.65. The molecular formula is C10H12Br2O3S. The van der Waals surface area contributed by atoms with E-state index in [4.69, 9.17) is 4.74 Å². The summed E-state index contributed by atoms with van der Waals surface area (Å²) in [7, 11) is 0. The Bertz CT molecular complexity index is 360. The summed E-state index contributed by atoms with van der Waals surface area (Å²) in [5.41, 5.74) is 0. The fourth-order valence-corrected chi connectivity index (χ4v) is 2.50. The summed E-state index contributed by atoms with van der Waals surface area (Å²) in [6.45, 7) is 5.94. The van der Waals surface area contributed by atoms with E-state index in [0.717, 1.165) is 0 Å². The molecule has 1 aliphatic rings. The van der Waals surface area contributed by atoms with Crippen LogP contribution in [0.1, 0.15) is 27.2 Å². The second-order valence-electron chi connectivity index (χ2n) is 4.33. The van der Waals surface area contributed by atoms with Crippen LogP contribution in [0.25, 0.3) is 0 Å². The van der Waals surface area contributed by atoms with Crippen molar-refractivity contribution >= 4 is 54.7 Å². The molecule has 1 aliphatic heterocycles. The first kappa shape index (κ1) is 14.3. The zero-order valence-corrected chi connectivity index (χ0v) is 13.2. The Morgan fingerprint density at radius 1 is 1.56 bits per heavy atom. The number of cyclic esters (lactones) is 1. The Hall–Kier alpha value is 0.190. The van der Waals surface area contributed by atoms with Gasteiger partial charge in [-0.3, -0.25) is 4.79 Å². The Labute approximate surface area is 116 Å². The molecule has 0 N–H and O–H groups in total. The second-order valence-corrected chi connectivity index (χ2v) is 8.18. The number of hydrogen-bond acceptors (Lipinski definition) is 4. The number of epoxide rings is 1. The fraction of sp³-hybridized carbons (Fsp3) is 0.600. The SMILES string of the molecule is CC(C)(C)SC(=O)CC=C(Br)[C@@]1(Br)OC1=O. The number of carbonyl (C=O) groups excluding carboxylic acids is 2. The third-order valence-corrected chi connectivity index (χ3v) is 4.96. The van der Waals surface area contributed by atoms with Crippen molar-refractivity contribution in [2.24, 2.45) is 0 Å². The lowest BCUT2D eigenvalue weighted by Crippen LogP contribution is -2.11. The summed E-state index contributed by atoms with van der Waals surface area (Å²) in [5.74, 6) is -0.341. The second kappa shape index (κ2) is 4.82. The van der Waals surface area contributed by atoms with Crippen molar-refractivity contribution in [2.45, 2.75) is 36.4 Å². The van der Waals surface area contributed by atoms with Gasteiger partial charge in [-0.05, 0) is 31.9 Å². The molecule has 1 heterocycles. The monoisotopic (exact) mass is 370 g/mol. The summed E-state index contributed by atoms with van der Waals surface area (Å²) < 4.78 is 4.18. The van der Waals surface area contributed by atoms with Gasteiger partial charge in [-0.1, -0.05) is 38.6 Å². The molecule has 6 heteroatoms. The van der Waals surface area contributed by atoms with Crippen LogP contribution in [0.15, 0.2) is 10.6 Å². The maximum atomic E-state index is 11.5. The van der Waals surface area contributed by atoms with Crippen LogP contribution in [0.4, 0.5) is 0 Å². The molecule has 0 aromatic rings. The van der Waals surface area contributed by atoms with E-state index in [1.54, 1.807) is 6.08 Å². The number of allylic oxidation sites excluding steroid dienone is 1. The Balaban J connectivity index is 2.48. The van der Waals surface area contributed by atoms with Gasteiger partial charge < -0.3 is 4.74 Å². The highest BCUT2D eigenvalue weighted by Gasteiger charge is 2.58. The molecule has 0 spiro atoms. The smallest absolute Gasteiger partial charge is 0.369 e. The largest absolute Gasteiger partial charge is 0.427 e. The van der Waals surface area contributed by atoms with Crippen LogP contribution in [-0.4, -0.2) is 20.3 Å². The minimum atomic E-state index is -1.03. The van der Waals surface area contributed by atoms with Crippen LogP contribution in [0.5, 0.6) is 0 Å². The molecule has 16 heavy (non-hydrogen) atoms. The van der Waals surface area contributed by atoms with Crippen molar-refractivity contribution in [2.75, 3.05) is 0 Å². The van der Waals surface area contributed by atoms with Crippen molar-refractivity contribution in [3.8, 4) is 0 Å². The molecule has 1 rings (SSSR count). The van der Waals surface area contributed by atoms with Crippen molar-refractivity contribution in [3.63, 3.8) is 0 Å². The average Bonchev–Trinajstić information content (AvgIpc) is 2.69. The Morgan fingerprint density at radius 3 is 2.44 bits per heavy atom. The third-order valence-electron chi connectivity index (χ3n) is 1.63. The molecule has 1 atom stereocenters. The highest BCUT2D eigenvalue weighted by molar-refractivity contribution is 9.14. The van der Waals surface area contributed by atoms with Crippen molar-refractivity contribution in [1.29, 1.82) is 0 Å². The molecule has 1 saturated heterocycles. The number of alkyl halides is 1. The molecule has 0 saturated carbocycles. The van der Waals surface area contributed by atoms with Gasteiger partial charge >= 0.3 is 5.97 Å². The van der Waals surface area contributed by atoms with E-state index in [9.17, 15) is 9.59 Å². The highest BCUT2D eigenvalue weighted by atomic mass is 79.9. The average molecular weight is 372 g/mol. The third kappa shape index (κ3) is 3.89. The standard InChI is InChI=1S/C10H12Br2O3S/c1-9(2,3)16-7(13)5-4-6(11)10(12)8(14)15-10/h4H,5H2,1-3H3/t10-/m1/s1. The van der Waals surface area contributed by atoms with Crippen LogP contribution in [0.3, 0.4) is 0 Å². The summed E-state index contributed by atoms with van der Waals surface area (Å²) >= 11 is 7.63. The Kier molecular flexibility index (Phi) is 4.29. The number of thioether (sulfide) groups is 1. The molecule has 1 fully saturated rings. The quantitative estimate of drug-likeness (QED) is 0.563. The van der Waals surface area contributed by atoms with Gasteiger partial charge in [-0.2, -0.15) is 0 Å². The zero-order chi connectivity index (χ0) is 12.6. The van der Waals surface area contributed by atoms with E-state index in [1.807, 2.05) is 20.8 Å². The lowest BCUT2D eigenvalue weighted by molar-refractivity contribution is -0.117. The summed E-state index contributed by atoms with van der Waals surface area (Å²) in [6.07, 6.45) is 1.92. The summed E-state index contributed by atoms with van der Waals surface area (Å²) in [5, 5.41) is 0.0636. The topological polar surface area (TPSA) is 46.7 Å². The maximum absolute atomic E-state index is 11.5. The van der Waals surface area contributed by atoms with Gasteiger partial charge in [0.1, 0.15) is 0 Å². The number of carbonyl (C=O) groups is 2. The maximum Gasteiger partial charge on any atom is 0.369 e. The van der Waals surface area contributed by atoms with Crippen LogP contribution in [-0.2, 0) is 14.3 Å². The molecule has 0 unspecified atom stereocenters. The normalized spacial score (nSPS) is 25.3. The van der Waals surface area contributed by atoms with Crippen LogP contribution in [0, 0.1) is 0 Å². The van der Waals surface area contributed by atoms with Crippen LogP contribution in [0.2, 0.25) is 0 Å². The van der Waals surface area contributed by atoms with Gasteiger partial charge in [0, 0.05) is 11.2 Å². The van der Waals surface area contributed by atoms with E-state index in [-0.39, 0.29) is 22.3 Å². The van der Waals surface area contributed by atoms with Crippen molar-refractivity contribution < 1.29 is 14.3 Å². The van der Waals surface area contributed by atoms with Gasteiger partial charge in [0.25, 0.3) is 4.51 Å². The van der Waals surface area contributed by atoms with Crippen LogP contribution < -0.4 is 0 Å². The molecule has 90 valence electrons. The summed E-state index contributed by atoms with van der Waals surface area (Å²) in [6, 6.07) is 0. The molecule has 0 aliphatic carbocycles. The number of hydrogen-bond donors (Lipinski definition) is 0. The lowest BCUT2D eigenvalue weighted by Gasteiger charge is -2.15. The highest BCUT2D eigenvalue weighted by Crippen LogP contribution is 2.46. The van der Waals surface area contributed by atoms with E-state index in [2.05, 4.69) is 31.9 Å². The lowest BCUT2D eigenvalue weighted by atomic mass is 10.3. The number of rotatable bonds is 3. The predicted octanol–water partition coefficient (Wildman–Crippen LogP) is 3.36. The van der Waals surface area contributed by atoms with Crippen molar-refractivity contribution in [1.82, 2.24) is 0 Å². The molecule has 3 nitrogen and oxygen atoms in total. The first-order chi connectivity index (χ1) is 7.15. The molecular weight excluding hydrogens is 360 g/mol. The van der Waals surface area contributed by atoms with Gasteiger partial charge in [0.2, 0.25) is 0 Å². The zero-order valence-electron chi connectivity index (χ0n) is 9.17. The van der Waals surface area contributed by atoms with E-state index >= 15 is 0 Å². The molecule has 0 bridgehead atoms. The molecule has 0 aromatic heterocycles. The van der Waals surface area contributed by atoms with E-state index < -0.39 is 4.51 Å². The predicted molar refractivity (Wildman–Crippen MR) is 71.7 cm³/mol. The molecule has 0 aromatic carbocycles. The van der Waals surface area contributed by atoms with Gasteiger partial charge in [-0.15, -0.1) is 0 Å². The van der Waals surface area contributed by atoms with Crippen LogP contribution >= 0.6 is 43.6 Å².